The van der Waals surface area contributed by atoms with E-state index in [0.717, 1.165) is 25.3 Å². The molecule has 3 heteroatoms. The maximum atomic E-state index is 10.6. The maximum Gasteiger partial charge on any atom is 0.0771 e. The van der Waals surface area contributed by atoms with Crippen molar-refractivity contribution in [1.29, 1.82) is 0 Å². The van der Waals surface area contributed by atoms with Crippen molar-refractivity contribution in [2.45, 2.75) is 70.4 Å². The first kappa shape index (κ1) is 15.3. The average molecular weight is 268 g/mol. The van der Waals surface area contributed by atoms with Gasteiger partial charge in [0.15, 0.2) is 0 Å². The lowest BCUT2D eigenvalue weighted by molar-refractivity contribution is -0.00847. The minimum absolute atomic E-state index is 0.427. The Morgan fingerprint density at radius 3 is 2.58 bits per heavy atom. The van der Waals surface area contributed by atoms with Crippen LogP contribution in [0.1, 0.15) is 58.8 Å². The Morgan fingerprint density at radius 2 is 1.89 bits per heavy atom. The van der Waals surface area contributed by atoms with Gasteiger partial charge in [-0.25, -0.2) is 0 Å². The summed E-state index contributed by atoms with van der Waals surface area (Å²) in [4.78, 5) is 2.54. The molecule has 0 aromatic carbocycles. The lowest BCUT2D eigenvalue weighted by atomic mass is 9.79. The standard InChI is InChI=1S/C16H32N2O/c1-3-18-11-4-5-15(8-12-18)17-13-16(19)9-6-14(2)7-10-16/h14-15,17,19H,3-13H2,1-2H3. The maximum absolute atomic E-state index is 10.6. The van der Waals surface area contributed by atoms with E-state index in [0.29, 0.717) is 6.04 Å². The monoisotopic (exact) mass is 268 g/mol. The largest absolute Gasteiger partial charge is 0.389 e. The molecule has 1 aliphatic carbocycles. The Morgan fingerprint density at radius 1 is 1.16 bits per heavy atom. The fraction of sp³-hybridized carbons (Fsp3) is 1.00. The molecule has 2 fully saturated rings. The Hall–Kier alpha value is -0.120. The van der Waals surface area contributed by atoms with Crippen molar-refractivity contribution in [3.05, 3.63) is 0 Å². The van der Waals surface area contributed by atoms with Gasteiger partial charge in [0.1, 0.15) is 0 Å². The van der Waals surface area contributed by atoms with Crippen LogP contribution in [-0.4, -0.2) is 47.8 Å². The van der Waals surface area contributed by atoms with Crippen LogP contribution in [0.15, 0.2) is 0 Å². The van der Waals surface area contributed by atoms with Gasteiger partial charge in [-0.3, -0.25) is 0 Å². The van der Waals surface area contributed by atoms with E-state index in [1.807, 2.05) is 0 Å². The van der Waals surface area contributed by atoms with Crippen molar-refractivity contribution in [3.8, 4) is 0 Å². The molecule has 0 aromatic rings. The van der Waals surface area contributed by atoms with Crippen LogP contribution in [0, 0.1) is 5.92 Å². The SMILES string of the molecule is CCN1CCCC(NCC2(O)CCC(C)CC2)CC1. The highest BCUT2D eigenvalue weighted by Gasteiger charge is 2.32. The first-order chi connectivity index (χ1) is 9.11. The van der Waals surface area contributed by atoms with Gasteiger partial charge in [-0.05, 0) is 70.5 Å². The van der Waals surface area contributed by atoms with Crippen LogP contribution in [0.25, 0.3) is 0 Å². The van der Waals surface area contributed by atoms with Crippen molar-refractivity contribution >= 4 is 0 Å². The highest BCUT2D eigenvalue weighted by Crippen LogP contribution is 2.31. The summed E-state index contributed by atoms with van der Waals surface area (Å²) in [6.07, 6.45) is 8.13. The molecular formula is C16H32N2O. The molecule has 0 radical (unpaired) electrons. The molecule has 1 aliphatic heterocycles. The molecule has 0 spiro atoms. The molecule has 3 nitrogen and oxygen atoms in total. The van der Waals surface area contributed by atoms with Gasteiger partial charge in [-0.1, -0.05) is 13.8 Å². The second kappa shape index (κ2) is 7.05. The van der Waals surface area contributed by atoms with Gasteiger partial charge in [-0.2, -0.15) is 0 Å². The summed E-state index contributed by atoms with van der Waals surface area (Å²) in [7, 11) is 0. The van der Waals surface area contributed by atoms with E-state index in [2.05, 4.69) is 24.1 Å². The Labute approximate surface area is 118 Å². The van der Waals surface area contributed by atoms with Gasteiger partial charge < -0.3 is 15.3 Å². The van der Waals surface area contributed by atoms with E-state index in [4.69, 9.17) is 0 Å². The molecule has 2 aliphatic rings. The third-order valence-corrected chi connectivity index (χ3v) is 5.19. The minimum Gasteiger partial charge on any atom is -0.389 e. The van der Waals surface area contributed by atoms with Gasteiger partial charge >= 0.3 is 0 Å². The second-order valence-electron chi connectivity index (χ2n) is 6.85. The summed E-state index contributed by atoms with van der Waals surface area (Å²) in [6, 6.07) is 0.611. The molecule has 1 unspecified atom stereocenters. The number of likely N-dealkylation sites (tertiary alicyclic amines) is 1. The fourth-order valence-electron chi connectivity index (χ4n) is 3.49. The predicted molar refractivity (Wildman–Crippen MR) is 80.3 cm³/mol. The van der Waals surface area contributed by atoms with Crippen molar-refractivity contribution in [3.63, 3.8) is 0 Å². The van der Waals surface area contributed by atoms with Gasteiger partial charge in [0.2, 0.25) is 0 Å². The molecule has 19 heavy (non-hydrogen) atoms. The highest BCUT2D eigenvalue weighted by atomic mass is 16.3. The lowest BCUT2D eigenvalue weighted by Crippen LogP contribution is -2.46. The van der Waals surface area contributed by atoms with Crippen LogP contribution >= 0.6 is 0 Å². The van der Waals surface area contributed by atoms with E-state index >= 15 is 0 Å². The summed E-state index contributed by atoms with van der Waals surface area (Å²) in [5.41, 5.74) is -0.427. The predicted octanol–water partition coefficient (Wildman–Crippen LogP) is 2.39. The molecule has 112 valence electrons. The van der Waals surface area contributed by atoms with E-state index in [1.54, 1.807) is 0 Å². The molecule has 1 saturated carbocycles. The molecule has 0 aromatic heterocycles. The van der Waals surface area contributed by atoms with Crippen LogP contribution in [-0.2, 0) is 0 Å². The third kappa shape index (κ3) is 4.73. The van der Waals surface area contributed by atoms with Crippen molar-refractivity contribution in [1.82, 2.24) is 10.2 Å². The second-order valence-corrected chi connectivity index (χ2v) is 6.85. The zero-order valence-electron chi connectivity index (χ0n) is 12.8. The molecule has 2 rings (SSSR count). The first-order valence-electron chi connectivity index (χ1n) is 8.29. The summed E-state index contributed by atoms with van der Waals surface area (Å²) >= 11 is 0. The van der Waals surface area contributed by atoms with Gasteiger partial charge in [0, 0.05) is 12.6 Å². The van der Waals surface area contributed by atoms with E-state index in [9.17, 15) is 5.11 Å². The number of aliphatic hydroxyl groups is 1. The number of nitrogens with one attached hydrogen (secondary N) is 1. The van der Waals surface area contributed by atoms with Crippen molar-refractivity contribution < 1.29 is 5.11 Å². The van der Waals surface area contributed by atoms with E-state index < -0.39 is 5.60 Å². The van der Waals surface area contributed by atoms with E-state index in [-0.39, 0.29) is 0 Å². The number of hydrogen-bond donors (Lipinski definition) is 2. The van der Waals surface area contributed by atoms with Crippen molar-refractivity contribution in [2.24, 2.45) is 5.92 Å². The highest BCUT2D eigenvalue weighted by molar-refractivity contribution is 4.88. The summed E-state index contributed by atoms with van der Waals surface area (Å²) in [6.45, 7) is 8.99. The molecule has 0 amide bonds. The van der Waals surface area contributed by atoms with Crippen LogP contribution in [0.2, 0.25) is 0 Å². The van der Waals surface area contributed by atoms with Crippen LogP contribution in [0.3, 0.4) is 0 Å². The summed E-state index contributed by atoms with van der Waals surface area (Å²) < 4.78 is 0. The van der Waals surface area contributed by atoms with Gasteiger partial charge in [-0.15, -0.1) is 0 Å². The Balaban J connectivity index is 1.72. The quantitative estimate of drug-likeness (QED) is 0.822. The Kier molecular flexibility index (Phi) is 5.67. The first-order valence-corrected chi connectivity index (χ1v) is 8.29. The fourth-order valence-corrected chi connectivity index (χ4v) is 3.49. The molecule has 1 saturated heterocycles. The number of rotatable bonds is 4. The van der Waals surface area contributed by atoms with Crippen LogP contribution < -0.4 is 5.32 Å². The molecular weight excluding hydrogens is 236 g/mol. The smallest absolute Gasteiger partial charge is 0.0771 e. The molecule has 1 heterocycles. The van der Waals surface area contributed by atoms with Crippen LogP contribution in [0.4, 0.5) is 0 Å². The van der Waals surface area contributed by atoms with Gasteiger partial charge in [0.05, 0.1) is 5.60 Å². The number of nitrogens with zero attached hydrogens (tertiary/aromatic N) is 1. The van der Waals surface area contributed by atoms with E-state index in [1.165, 1.54) is 51.7 Å². The minimum atomic E-state index is -0.427. The lowest BCUT2D eigenvalue weighted by Gasteiger charge is -2.36. The van der Waals surface area contributed by atoms with Gasteiger partial charge in [0.25, 0.3) is 0 Å². The third-order valence-electron chi connectivity index (χ3n) is 5.19. The van der Waals surface area contributed by atoms with Crippen LogP contribution in [0.5, 0.6) is 0 Å². The number of hydrogen-bond acceptors (Lipinski definition) is 3. The summed E-state index contributed by atoms with van der Waals surface area (Å²) in [5.74, 6) is 0.802. The molecule has 0 bridgehead atoms. The van der Waals surface area contributed by atoms with Crippen molar-refractivity contribution in [2.75, 3.05) is 26.2 Å². The normalized spacial score (nSPS) is 38.1. The zero-order chi connectivity index (χ0) is 13.7. The zero-order valence-corrected chi connectivity index (χ0v) is 12.8. The molecule has 1 atom stereocenters. The average Bonchev–Trinajstić information content (AvgIpc) is 2.65. The molecule has 2 N–H and O–H groups in total. The summed E-state index contributed by atoms with van der Waals surface area (Å²) in [5, 5.41) is 14.3. The Bertz CT molecular complexity index is 261. The topological polar surface area (TPSA) is 35.5 Å².